The van der Waals surface area contributed by atoms with Gasteiger partial charge in [0.15, 0.2) is 0 Å². The Balaban J connectivity index is 3.79. The third-order valence-corrected chi connectivity index (χ3v) is 11.8. The summed E-state index contributed by atoms with van der Waals surface area (Å²) in [6.07, 6.45) is 33.7. The highest BCUT2D eigenvalue weighted by Crippen LogP contribution is 2.61. The van der Waals surface area contributed by atoms with Crippen LogP contribution in [0.15, 0.2) is 12.2 Å². The minimum atomic E-state index is -0.771. The zero-order valence-electron chi connectivity index (χ0n) is 21.9. The van der Waals surface area contributed by atoms with Crippen LogP contribution in [0.3, 0.4) is 0 Å². The number of unbranched alkanes of at least 4 members (excludes halogenated alkanes) is 16. The van der Waals surface area contributed by atoms with Crippen LogP contribution in [0.1, 0.15) is 150 Å². The third kappa shape index (κ3) is 18.9. The quantitative estimate of drug-likeness (QED) is 0.0796. The molecule has 1 heteroatoms. The SMILES string of the molecule is C=C(C)C[P+](CCCC)(CCCC)CCCCCCCCCCCCCCCCC. The first-order valence-electron chi connectivity index (χ1n) is 14.1. The van der Waals surface area contributed by atoms with E-state index in [4.69, 9.17) is 0 Å². The normalized spacial score (nSPS) is 11.9. The van der Waals surface area contributed by atoms with Crippen molar-refractivity contribution in [2.24, 2.45) is 0 Å². The van der Waals surface area contributed by atoms with Gasteiger partial charge in [0.05, 0.1) is 24.6 Å². The summed E-state index contributed by atoms with van der Waals surface area (Å²) in [5.41, 5.74) is 1.46. The maximum absolute atomic E-state index is 4.31. The molecule has 0 aliphatic carbocycles. The highest BCUT2D eigenvalue weighted by atomic mass is 31.2. The minimum Gasteiger partial charge on any atom is -0.0965 e. The summed E-state index contributed by atoms with van der Waals surface area (Å²) in [5.74, 6) is 0. The fourth-order valence-electron chi connectivity index (χ4n) is 4.95. The van der Waals surface area contributed by atoms with Crippen molar-refractivity contribution in [3.05, 3.63) is 12.2 Å². The molecular formula is C29H60P+. The van der Waals surface area contributed by atoms with Crippen molar-refractivity contribution in [1.29, 1.82) is 0 Å². The number of rotatable bonds is 24. The molecule has 0 saturated carbocycles. The molecule has 0 atom stereocenters. The zero-order valence-corrected chi connectivity index (χ0v) is 22.8. The Morgan fingerprint density at radius 2 is 0.767 bits per heavy atom. The van der Waals surface area contributed by atoms with Gasteiger partial charge in [0.2, 0.25) is 0 Å². The Labute approximate surface area is 193 Å². The van der Waals surface area contributed by atoms with Gasteiger partial charge in [0, 0.05) is 7.26 Å². The molecule has 0 aliphatic rings. The van der Waals surface area contributed by atoms with Crippen molar-refractivity contribution < 1.29 is 0 Å². The first kappa shape index (κ1) is 30.2. The van der Waals surface area contributed by atoms with Crippen LogP contribution in [0.2, 0.25) is 0 Å². The van der Waals surface area contributed by atoms with Crippen molar-refractivity contribution in [3.8, 4) is 0 Å². The van der Waals surface area contributed by atoms with Crippen LogP contribution in [0.25, 0.3) is 0 Å². The first-order chi connectivity index (χ1) is 14.6. The van der Waals surface area contributed by atoms with Crippen molar-refractivity contribution in [2.45, 2.75) is 150 Å². The standard InChI is InChI=1S/C29H60P/c1-6-9-12-13-14-15-16-17-18-19-20-21-22-23-24-27-30(25-10-7-2,26-11-8-3)28-29(4)5/h4,6-28H2,1-3,5H3/q+1. The number of allylic oxidation sites excluding steroid dienone is 1. The monoisotopic (exact) mass is 439 g/mol. The summed E-state index contributed by atoms with van der Waals surface area (Å²) in [4.78, 5) is 0. The molecule has 0 aliphatic heterocycles. The summed E-state index contributed by atoms with van der Waals surface area (Å²) in [5, 5.41) is 0. The smallest absolute Gasteiger partial charge is 0.0797 e. The Morgan fingerprint density at radius 1 is 0.467 bits per heavy atom. The van der Waals surface area contributed by atoms with E-state index in [0.29, 0.717) is 0 Å². The lowest BCUT2D eigenvalue weighted by Gasteiger charge is -2.28. The number of hydrogen-bond donors (Lipinski definition) is 0. The molecule has 0 heterocycles. The topological polar surface area (TPSA) is 0 Å². The van der Waals surface area contributed by atoms with Gasteiger partial charge in [-0.1, -0.05) is 124 Å². The Hall–Kier alpha value is 0.170. The van der Waals surface area contributed by atoms with Crippen LogP contribution < -0.4 is 0 Å². The predicted octanol–water partition coefficient (Wildman–Crippen LogP) is 11.1. The number of hydrogen-bond acceptors (Lipinski definition) is 0. The average molecular weight is 440 g/mol. The molecule has 0 aromatic heterocycles. The predicted molar refractivity (Wildman–Crippen MR) is 146 cm³/mol. The van der Waals surface area contributed by atoms with Gasteiger partial charge in [-0.05, 0) is 38.2 Å². The van der Waals surface area contributed by atoms with Crippen LogP contribution in [-0.2, 0) is 0 Å². The lowest BCUT2D eigenvalue weighted by atomic mass is 10.0. The Morgan fingerprint density at radius 3 is 1.10 bits per heavy atom. The molecule has 0 saturated heterocycles. The second-order valence-corrected chi connectivity index (χ2v) is 14.6. The largest absolute Gasteiger partial charge is 0.0965 e. The first-order valence-corrected chi connectivity index (χ1v) is 16.6. The van der Waals surface area contributed by atoms with Crippen molar-refractivity contribution >= 4 is 7.26 Å². The van der Waals surface area contributed by atoms with E-state index in [9.17, 15) is 0 Å². The van der Waals surface area contributed by atoms with Gasteiger partial charge in [-0.15, -0.1) is 0 Å². The van der Waals surface area contributed by atoms with E-state index >= 15 is 0 Å². The minimum absolute atomic E-state index is 0.771. The van der Waals surface area contributed by atoms with Crippen LogP contribution in [-0.4, -0.2) is 24.6 Å². The molecule has 30 heavy (non-hydrogen) atoms. The molecule has 0 rings (SSSR count). The fraction of sp³-hybridized carbons (Fsp3) is 0.931. The second-order valence-electron chi connectivity index (χ2n) is 10.3. The van der Waals surface area contributed by atoms with E-state index < -0.39 is 7.26 Å². The highest BCUT2D eigenvalue weighted by Gasteiger charge is 2.35. The van der Waals surface area contributed by atoms with Gasteiger partial charge in [-0.3, -0.25) is 0 Å². The summed E-state index contributed by atoms with van der Waals surface area (Å²) in [6.45, 7) is 13.6. The van der Waals surface area contributed by atoms with Crippen molar-refractivity contribution in [3.63, 3.8) is 0 Å². The molecular weight excluding hydrogens is 379 g/mol. The zero-order chi connectivity index (χ0) is 22.3. The molecule has 0 nitrogen and oxygen atoms in total. The Kier molecular flexibility index (Phi) is 22.5. The van der Waals surface area contributed by atoms with E-state index in [2.05, 4.69) is 34.3 Å². The lowest BCUT2D eigenvalue weighted by molar-refractivity contribution is 0.534. The van der Waals surface area contributed by atoms with Crippen LogP contribution in [0.4, 0.5) is 0 Å². The van der Waals surface area contributed by atoms with Crippen LogP contribution in [0.5, 0.6) is 0 Å². The maximum Gasteiger partial charge on any atom is 0.0797 e. The fourth-order valence-corrected chi connectivity index (χ4v) is 10.1. The van der Waals surface area contributed by atoms with Gasteiger partial charge < -0.3 is 0 Å². The summed E-state index contributed by atoms with van der Waals surface area (Å²) in [6, 6.07) is 0. The van der Waals surface area contributed by atoms with E-state index in [1.54, 1.807) is 6.16 Å². The average Bonchev–Trinajstić information content (AvgIpc) is 2.73. The molecule has 0 aromatic rings. The molecule has 0 spiro atoms. The Bertz CT molecular complexity index is 351. The van der Waals surface area contributed by atoms with Crippen LogP contribution >= 0.6 is 7.26 Å². The molecule has 0 amide bonds. The van der Waals surface area contributed by atoms with E-state index in [-0.39, 0.29) is 0 Å². The van der Waals surface area contributed by atoms with E-state index in [0.717, 1.165) is 0 Å². The maximum atomic E-state index is 4.31. The van der Waals surface area contributed by atoms with Gasteiger partial charge >= 0.3 is 0 Å². The molecule has 0 unspecified atom stereocenters. The summed E-state index contributed by atoms with van der Waals surface area (Å²) < 4.78 is 0. The summed E-state index contributed by atoms with van der Waals surface area (Å²) >= 11 is 0. The van der Waals surface area contributed by atoms with Crippen LogP contribution in [0, 0.1) is 0 Å². The van der Waals surface area contributed by atoms with Gasteiger partial charge in [-0.2, -0.15) is 0 Å². The van der Waals surface area contributed by atoms with Crippen molar-refractivity contribution in [2.75, 3.05) is 24.6 Å². The molecule has 0 fully saturated rings. The molecule has 0 bridgehead atoms. The highest BCUT2D eigenvalue weighted by molar-refractivity contribution is 7.76. The van der Waals surface area contributed by atoms with E-state index in [1.165, 1.54) is 146 Å². The molecule has 0 radical (unpaired) electrons. The van der Waals surface area contributed by atoms with Gasteiger partial charge in [-0.25, -0.2) is 0 Å². The van der Waals surface area contributed by atoms with Gasteiger partial charge in [0.1, 0.15) is 0 Å². The summed E-state index contributed by atoms with van der Waals surface area (Å²) in [7, 11) is -0.771. The third-order valence-electron chi connectivity index (χ3n) is 6.81. The van der Waals surface area contributed by atoms with Gasteiger partial charge in [0.25, 0.3) is 0 Å². The molecule has 180 valence electrons. The second kappa shape index (κ2) is 22.4. The van der Waals surface area contributed by atoms with Crippen molar-refractivity contribution in [1.82, 2.24) is 0 Å². The lowest BCUT2D eigenvalue weighted by Crippen LogP contribution is -2.13. The molecule has 0 aromatic carbocycles. The van der Waals surface area contributed by atoms with E-state index in [1.807, 2.05) is 0 Å². The molecule has 0 N–H and O–H groups in total.